The summed E-state index contributed by atoms with van der Waals surface area (Å²) < 4.78 is 9.38. The van der Waals surface area contributed by atoms with E-state index in [0.29, 0.717) is 11.1 Å². The van der Waals surface area contributed by atoms with Crippen LogP contribution in [0.3, 0.4) is 0 Å². The lowest BCUT2D eigenvalue weighted by Crippen LogP contribution is -2.46. The van der Waals surface area contributed by atoms with Crippen LogP contribution in [-0.4, -0.2) is 49.6 Å². The van der Waals surface area contributed by atoms with Gasteiger partial charge < -0.3 is 9.47 Å². The molecule has 2 bridgehead atoms. The normalized spacial score (nSPS) is 25.4. The minimum absolute atomic E-state index is 0.155. The van der Waals surface area contributed by atoms with Crippen LogP contribution in [0, 0.1) is 35.5 Å². The number of methoxy groups -OCH3 is 2. The Balaban J connectivity index is 1.92. The number of esters is 2. The average Bonchev–Trinajstić information content (AvgIpc) is 3.50. The molecule has 0 saturated heterocycles. The van der Waals surface area contributed by atoms with E-state index < -0.39 is 59.0 Å². The van der Waals surface area contributed by atoms with Crippen LogP contribution >= 0.6 is 0 Å². The number of carbonyl (C=O) groups is 4. The molecule has 2 aromatic rings. The highest BCUT2D eigenvalue weighted by Crippen LogP contribution is 2.64. The second-order valence-electron chi connectivity index (χ2n) is 9.14. The number of ketones is 2. The average molecular weight is 501 g/mol. The summed E-state index contributed by atoms with van der Waals surface area (Å²) in [6.45, 7) is 0. The number of fused-ring (bicyclic) bond motifs is 2. The highest BCUT2D eigenvalue weighted by atomic mass is 16.5. The molecule has 2 fully saturated rings. The summed E-state index contributed by atoms with van der Waals surface area (Å²) >= 11 is 0. The van der Waals surface area contributed by atoms with E-state index in [2.05, 4.69) is 9.47 Å². The fourth-order valence-corrected chi connectivity index (χ4v) is 6.26. The van der Waals surface area contributed by atoms with Gasteiger partial charge in [-0.15, -0.1) is 0 Å². The summed E-state index contributed by atoms with van der Waals surface area (Å²) in [7, 11) is 2.14. The van der Waals surface area contributed by atoms with Crippen molar-refractivity contribution < 1.29 is 38.2 Å². The van der Waals surface area contributed by atoms with Crippen LogP contribution in [0.15, 0.2) is 60.7 Å². The van der Waals surface area contributed by atoms with E-state index in [1.165, 1.54) is 0 Å². The molecule has 4 rings (SSSR count). The van der Waals surface area contributed by atoms with Gasteiger partial charge in [-0.05, 0) is 29.4 Å². The fourth-order valence-electron chi connectivity index (χ4n) is 6.26. The van der Waals surface area contributed by atoms with Gasteiger partial charge >= 0.3 is 11.9 Å². The number of hydrogen-bond donors (Lipinski definition) is 0. The third kappa shape index (κ3) is 4.38. The molecule has 0 N–H and O–H groups in total. The Labute approximate surface area is 212 Å². The second-order valence-corrected chi connectivity index (χ2v) is 9.14. The molecule has 188 valence electrons. The Morgan fingerprint density at radius 3 is 1.30 bits per heavy atom. The predicted molar refractivity (Wildman–Crippen MR) is 131 cm³/mol. The number of ether oxygens (including phenoxy) is 2. The van der Waals surface area contributed by atoms with Crippen LogP contribution in [0.1, 0.15) is 17.5 Å². The first-order valence-electron chi connectivity index (χ1n) is 11.7. The van der Waals surface area contributed by atoms with Crippen molar-refractivity contribution in [3.8, 4) is 0 Å². The molecule has 4 unspecified atom stereocenters. The lowest BCUT2D eigenvalue weighted by molar-refractivity contribution is -0.158. The van der Waals surface area contributed by atoms with E-state index in [9.17, 15) is 28.8 Å². The summed E-state index contributed by atoms with van der Waals surface area (Å²) in [5, 5.41) is 0. The van der Waals surface area contributed by atoms with Crippen LogP contribution in [0.25, 0.3) is 11.1 Å². The van der Waals surface area contributed by atoms with E-state index in [0.717, 1.165) is 14.2 Å². The van der Waals surface area contributed by atoms with Crippen molar-refractivity contribution in [3.05, 3.63) is 71.8 Å². The molecule has 37 heavy (non-hydrogen) atoms. The fraction of sp³-hybridized carbons (Fsp3) is 0.310. The molecule has 0 spiro atoms. The molecule has 2 aliphatic carbocycles. The van der Waals surface area contributed by atoms with Gasteiger partial charge in [0, 0.05) is 34.8 Å². The Morgan fingerprint density at radius 2 is 0.973 bits per heavy atom. The number of carbonyl (C=O) groups excluding carboxylic acids is 6. The van der Waals surface area contributed by atoms with Crippen molar-refractivity contribution in [1.29, 1.82) is 0 Å². The Kier molecular flexibility index (Phi) is 7.44. The largest absolute Gasteiger partial charge is 0.463 e. The van der Waals surface area contributed by atoms with Crippen LogP contribution in [-0.2, 0) is 38.2 Å². The smallest absolute Gasteiger partial charge is 0.374 e. The molecule has 4 atom stereocenters. The van der Waals surface area contributed by atoms with Crippen molar-refractivity contribution >= 4 is 46.5 Å². The topological polar surface area (TPSA) is 121 Å². The zero-order chi connectivity index (χ0) is 26.7. The van der Waals surface area contributed by atoms with Gasteiger partial charge in [-0.25, -0.2) is 19.2 Å². The first-order chi connectivity index (χ1) is 17.9. The first kappa shape index (κ1) is 25.7. The number of rotatable bonds is 8. The third-order valence-electron chi connectivity index (χ3n) is 7.60. The van der Waals surface area contributed by atoms with Crippen LogP contribution < -0.4 is 0 Å². The van der Waals surface area contributed by atoms with E-state index >= 15 is 0 Å². The summed E-state index contributed by atoms with van der Waals surface area (Å²) in [4.78, 5) is 76.1. The molecular formula is C29H24O8. The van der Waals surface area contributed by atoms with Crippen LogP contribution in [0.2, 0.25) is 0 Å². The van der Waals surface area contributed by atoms with Crippen molar-refractivity contribution in [1.82, 2.24) is 0 Å². The van der Waals surface area contributed by atoms with Gasteiger partial charge in [-0.1, -0.05) is 60.7 Å². The summed E-state index contributed by atoms with van der Waals surface area (Å²) in [6.07, 6.45) is 0.214. The molecule has 8 nitrogen and oxygen atoms in total. The maximum absolute atomic E-state index is 13.3. The van der Waals surface area contributed by atoms with Crippen molar-refractivity contribution in [2.24, 2.45) is 35.5 Å². The first-order valence-corrected chi connectivity index (χ1v) is 11.7. The third-order valence-corrected chi connectivity index (χ3v) is 7.60. The van der Waals surface area contributed by atoms with Gasteiger partial charge in [0.25, 0.3) is 0 Å². The minimum atomic E-state index is -1.13. The molecule has 0 aliphatic heterocycles. The van der Waals surface area contributed by atoms with Crippen molar-refractivity contribution in [3.63, 3.8) is 0 Å². The maximum Gasteiger partial charge on any atom is 0.374 e. The number of allylic oxidation sites excluding steroid dienone is 2. The molecule has 2 aromatic carbocycles. The van der Waals surface area contributed by atoms with E-state index in [1.807, 2.05) is 11.9 Å². The molecule has 2 saturated carbocycles. The minimum Gasteiger partial charge on any atom is -0.463 e. The summed E-state index contributed by atoms with van der Waals surface area (Å²) in [5.41, 5.74) is 1.32. The molecule has 2 aliphatic rings. The lowest BCUT2D eigenvalue weighted by atomic mass is 9.60. The Morgan fingerprint density at radius 1 is 0.622 bits per heavy atom. The molecular weight excluding hydrogens is 476 g/mol. The van der Waals surface area contributed by atoms with Crippen LogP contribution in [0.5, 0.6) is 0 Å². The number of Topliss-reactive ketones (excluding diaryl/α,β-unsaturated/α-hetero) is 2. The molecule has 0 heterocycles. The standard InChI is InChI=1S/C29H24O8/c1-36-28(34)26(32)24-19-13-18(22(24)20(14-30)16-9-5-3-6-10-16)23(25(19)27(33)29(35)37-2)21(15-31)17-11-7-4-8-12-17/h3-12,18-19,22-25H,13H2,1-2H3. The van der Waals surface area contributed by atoms with Gasteiger partial charge in [0.05, 0.1) is 14.2 Å². The second kappa shape index (κ2) is 10.7. The van der Waals surface area contributed by atoms with Gasteiger partial charge in [-0.2, -0.15) is 0 Å². The maximum atomic E-state index is 13.3. The molecule has 8 heteroatoms. The van der Waals surface area contributed by atoms with E-state index in [1.54, 1.807) is 60.7 Å². The lowest BCUT2D eigenvalue weighted by Gasteiger charge is -2.39. The SMILES string of the molecule is COC(=O)C(=O)C1C2CC(C1C(=C=O)c1ccccc1)C(C(=C=O)c1ccccc1)C2C(=O)C(=O)OC. The van der Waals surface area contributed by atoms with Crippen molar-refractivity contribution in [2.45, 2.75) is 6.42 Å². The Bertz CT molecular complexity index is 1230. The summed E-state index contributed by atoms with van der Waals surface area (Å²) in [5.74, 6) is -5.52. The summed E-state index contributed by atoms with van der Waals surface area (Å²) in [6, 6.07) is 17.2. The van der Waals surface area contributed by atoms with Gasteiger partial charge in [0.1, 0.15) is 11.9 Å². The highest BCUT2D eigenvalue weighted by molar-refractivity contribution is 6.37. The molecule has 0 radical (unpaired) electrons. The number of benzene rings is 2. The van der Waals surface area contributed by atoms with Crippen molar-refractivity contribution in [2.75, 3.05) is 14.2 Å². The molecule has 0 aromatic heterocycles. The highest BCUT2D eigenvalue weighted by Gasteiger charge is 2.65. The Hall–Kier alpha value is -4.38. The van der Waals surface area contributed by atoms with E-state index in [-0.39, 0.29) is 17.6 Å². The van der Waals surface area contributed by atoms with E-state index in [4.69, 9.17) is 0 Å². The number of hydrogen-bond acceptors (Lipinski definition) is 8. The predicted octanol–water partition coefficient (Wildman–Crippen LogP) is 2.42. The monoisotopic (exact) mass is 500 g/mol. The zero-order valence-corrected chi connectivity index (χ0v) is 20.2. The molecule has 0 amide bonds. The zero-order valence-electron chi connectivity index (χ0n) is 20.2. The van der Waals surface area contributed by atoms with Gasteiger partial charge in [-0.3, -0.25) is 9.59 Å². The van der Waals surface area contributed by atoms with Gasteiger partial charge in [0.15, 0.2) is 0 Å². The van der Waals surface area contributed by atoms with Crippen LogP contribution in [0.4, 0.5) is 0 Å². The quantitative estimate of drug-likeness (QED) is 0.308. The van der Waals surface area contributed by atoms with Gasteiger partial charge in [0.2, 0.25) is 11.6 Å².